The van der Waals surface area contributed by atoms with E-state index in [-0.39, 0.29) is 11.7 Å². The molecule has 0 bridgehead atoms. The number of rotatable bonds is 1. The molecule has 2 N–H and O–H groups in total. The van der Waals surface area contributed by atoms with Gasteiger partial charge in [0.1, 0.15) is 17.4 Å². The summed E-state index contributed by atoms with van der Waals surface area (Å²) >= 11 is 0. The maximum absolute atomic E-state index is 12.5. The monoisotopic (exact) mass is 294 g/mol. The number of ketones is 1. The van der Waals surface area contributed by atoms with Crippen LogP contribution in [0.25, 0.3) is 0 Å². The van der Waals surface area contributed by atoms with Crippen molar-refractivity contribution in [2.24, 2.45) is 5.73 Å². The van der Waals surface area contributed by atoms with Crippen LogP contribution in [-0.4, -0.2) is 5.78 Å². The van der Waals surface area contributed by atoms with Gasteiger partial charge in [-0.2, -0.15) is 5.26 Å². The number of aryl methyl sites for hydroxylation is 2. The van der Waals surface area contributed by atoms with Gasteiger partial charge in [-0.3, -0.25) is 4.79 Å². The van der Waals surface area contributed by atoms with Gasteiger partial charge in [-0.05, 0) is 31.4 Å². The third-order valence-corrected chi connectivity index (χ3v) is 4.35. The summed E-state index contributed by atoms with van der Waals surface area (Å²) in [5, 5.41) is 9.53. The van der Waals surface area contributed by atoms with Crippen molar-refractivity contribution in [3.8, 4) is 6.07 Å². The summed E-state index contributed by atoms with van der Waals surface area (Å²) in [5.74, 6) is 0.425. The van der Waals surface area contributed by atoms with Crippen LogP contribution in [0.2, 0.25) is 0 Å². The van der Waals surface area contributed by atoms with Crippen molar-refractivity contribution in [3.05, 3.63) is 57.7 Å². The van der Waals surface area contributed by atoms with E-state index in [0.29, 0.717) is 29.7 Å². The zero-order valence-corrected chi connectivity index (χ0v) is 12.8. The molecule has 112 valence electrons. The largest absolute Gasteiger partial charge is 0.444 e. The lowest BCUT2D eigenvalue weighted by Crippen LogP contribution is -2.27. The number of carbonyl (C=O) groups is 1. The predicted molar refractivity (Wildman–Crippen MR) is 82.5 cm³/mol. The van der Waals surface area contributed by atoms with E-state index in [0.717, 1.165) is 23.1 Å². The lowest BCUT2D eigenvalue weighted by molar-refractivity contribution is -0.116. The van der Waals surface area contributed by atoms with Crippen molar-refractivity contribution in [3.63, 3.8) is 0 Å². The van der Waals surface area contributed by atoms with Crippen LogP contribution < -0.4 is 5.73 Å². The number of carbonyl (C=O) groups excluding carboxylic acids is 1. The minimum absolute atomic E-state index is 0.0624. The number of hydrogen-bond donors (Lipinski definition) is 1. The van der Waals surface area contributed by atoms with E-state index in [4.69, 9.17) is 10.5 Å². The maximum Gasteiger partial charge on any atom is 0.205 e. The lowest BCUT2D eigenvalue weighted by atomic mass is 9.76. The molecular formula is C18H18N2O2. The smallest absolute Gasteiger partial charge is 0.205 e. The average Bonchev–Trinajstić information content (AvgIpc) is 2.48. The zero-order valence-electron chi connectivity index (χ0n) is 12.8. The number of nitrogens with two attached hydrogens (primary N) is 1. The van der Waals surface area contributed by atoms with Gasteiger partial charge < -0.3 is 10.5 Å². The first kappa shape index (κ1) is 14.4. The number of allylic oxidation sites excluding steroid dienone is 3. The Bertz CT molecular complexity index is 766. The fraction of sp³-hybridized carbons (Fsp3) is 0.333. The lowest BCUT2D eigenvalue weighted by Gasteiger charge is -2.31. The Hall–Kier alpha value is -2.54. The molecule has 0 fully saturated rings. The van der Waals surface area contributed by atoms with E-state index in [1.54, 1.807) is 0 Å². The molecule has 1 aromatic rings. The molecule has 3 rings (SSSR count). The molecule has 22 heavy (non-hydrogen) atoms. The van der Waals surface area contributed by atoms with Crippen LogP contribution in [0, 0.1) is 25.2 Å². The van der Waals surface area contributed by atoms with Crippen LogP contribution in [0.4, 0.5) is 0 Å². The second-order valence-electron chi connectivity index (χ2n) is 5.90. The van der Waals surface area contributed by atoms with Crippen LogP contribution in [0.5, 0.6) is 0 Å². The predicted octanol–water partition coefficient (Wildman–Crippen LogP) is 3.12. The fourth-order valence-electron chi connectivity index (χ4n) is 3.24. The van der Waals surface area contributed by atoms with Gasteiger partial charge in [0.25, 0.3) is 0 Å². The van der Waals surface area contributed by atoms with Crippen LogP contribution in [0.15, 0.2) is 41.0 Å². The fourth-order valence-corrected chi connectivity index (χ4v) is 3.24. The number of nitrogens with zero attached hydrogens (tertiary/aromatic N) is 1. The number of Topliss-reactive ketones (excluding diaryl/α,β-unsaturated/α-hetero) is 1. The molecule has 0 saturated carbocycles. The molecule has 1 heterocycles. The van der Waals surface area contributed by atoms with Crippen LogP contribution in [0.1, 0.15) is 41.9 Å². The van der Waals surface area contributed by atoms with E-state index in [2.05, 4.69) is 6.07 Å². The van der Waals surface area contributed by atoms with E-state index in [1.165, 1.54) is 0 Å². The van der Waals surface area contributed by atoms with Crippen molar-refractivity contribution < 1.29 is 9.53 Å². The first-order chi connectivity index (χ1) is 10.5. The Morgan fingerprint density at radius 2 is 2.09 bits per heavy atom. The van der Waals surface area contributed by atoms with Gasteiger partial charge in [0.2, 0.25) is 5.88 Å². The molecule has 2 aliphatic rings. The highest BCUT2D eigenvalue weighted by atomic mass is 16.5. The minimum Gasteiger partial charge on any atom is -0.444 e. The summed E-state index contributed by atoms with van der Waals surface area (Å²) in [6.45, 7) is 3.99. The second kappa shape index (κ2) is 5.34. The van der Waals surface area contributed by atoms with Crippen molar-refractivity contribution in [2.45, 2.75) is 39.0 Å². The van der Waals surface area contributed by atoms with E-state index in [9.17, 15) is 10.1 Å². The molecule has 4 heteroatoms. The molecule has 0 radical (unpaired) electrons. The highest BCUT2D eigenvalue weighted by Crippen LogP contribution is 2.44. The Kier molecular flexibility index (Phi) is 3.50. The van der Waals surface area contributed by atoms with Gasteiger partial charge >= 0.3 is 0 Å². The Labute approximate surface area is 129 Å². The maximum atomic E-state index is 12.5. The summed E-state index contributed by atoms with van der Waals surface area (Å²) < 4.78 is 5.58. The first-order valence-electron chi connectivity index (χ1n) is 7.44. The second-order valence-corrected chi connectivity index (χ2v) is 5.90. The molecule has 0 saturated heterocycles. The van der Waals surface area contributed by atoms with Crippen LogP contribution in [0.3, 0.4) is 0 Å². The molecule has 1 aromatic carbocycles. The molecule has 1 aliphatic carbocycles. The van der Waals surface area contributed by atoms with E-state index in [1.807, 2.05) is 32.0 Å². The van der Waals surface area contributed by atoms with Crippen molar-refractivity contribution >= 4 is 5.78 Å². The number of hydrogen-bond acceptors (Lipinski definition) is 4. The average molecular weight is 294 g/mol. The summed E-state index contributed by atoms with van der Waals surface area (Å²) in [6.07, 6.45) is 1.97. The standard InChI is InChI=1S/C18H18N2O2/c1-10-6-7-11(2)12(8-10)16-13(9-19)18(20)22-15-5-3-4-14(21)17(15)16/h6-8,16H,3-5,20H2,1-2H3/t16-/m1/s1. The molecule has 1 atom stereocenters. The van der Waals surface area contributed by atoms with Gasteiger partial charge in [-0.1, -0.05) is 23.8 Å². The first-order valence-corrected chi connectivity index (χ1v) is 7.44. The quantitative estimate of drug-likeness (QED) is 0.863. The van der Waals surface area contributed by atoms with E-state index >= 15 is 0 Å². The Morgan fingerprint density at radius 1 is 1.32 bits per heavy atom. The van der Waals surface area contributed by atoms with Gasteiger partial charge in [0.05, 0.1) is 5.92 Å². The third-order valence-electron chi connectivity index (χ3n) is 4.35. The van der Waals surface area contributed by atoms with Gasteiger partial charge in [-0.15, -0.1) is 0 Å². The molecule has 0 aromatic heterocycles. The summed E-state index contributed by atoms with van der Waals surface area (Å²) in [6, 6.07) is 8.21. The van der Waals surface area contributed by atoms with Crippen molar-refractivity contribution in [2.75, 3.05) is 0 Å². The normalized spacial score (nSPS) is 21.3. The third kappa shape index (κ3) is 2.19. The summed E-state index contributed by atoms with van der Waals surface area (Å²) in [7, 11) is 0. The topological polar surface area (TPSA) is 76.1 Å². The zero-order chi connectivity index (χ0) is 15.9. The molecule has 0 unspecified atom stereocenters. The minimum atomic E-state index is -0.401. The molecule has 1 aliphatic heterocycles. The summed E-state index contributed by atoms with van der Waals surface area (Å²) in [5.41, 5.74) is 10.00. The van der Waals surface area contributed by atoms with Crippen molar-refractivity contribution in [1.82, 2.24) is 0 Å². The van der Waals surface area contributed by atoms with Gasteiger partial charge in [-0.25, -0.2) is 0 Å². The van der Waals surface area contributed by atoms with Crippen LogP contribution >= 0.6 is 0 Å². The highest BCUT2D eigenvalue weighted by Gasteiger charge is 2.38. The molecule has 0 spiro atoms. The number of nitriles is 1. The van der Waals surface area contributed by atoms with Crippen molar-refractivity contribution in [1.29, 1.82) is 5.26 Å². The van der Waals surface area contributed by atoms with Gasteiger partial charge in [0, 0.05) is 18.4 Å². The molecule has 0 amide bonds. The molecule has 4 nitrogen and oxygen atoms in total. The molecular weight excluding hydrogens is 276 g/mol. The number of benzene rings is 1. The van der Waals surface area contributed by atoms with Gasteiger partial charge in [0.15, 0.2) is 5.78 Å². The highest BCUT2D eigenvalue weighted by molar-refractivity contribution is 5.99. The summed E-state index contributed by atoms with van der Waals surface area (Å²) in [4.78, 5) is 12.5. The SMILES string of the molecule is Cc1ccc(C)c([C@@H]2C(C#N)=C(N)OC3=C2C(=O)CCC3)c1. The van der Waals surface area contributed by atoms with Crippen LogP contribution in [-0.2, 0) is 9.53 Å². The Morgan fingerprint density at radius 3 is 2.82 bits per heavy atom. The van der Waals surface area contributed by atoms with E-state index < -0.39 is 5.92 Å². The Balaban J connectivity index is 2.25. The number of ether oxygens (including phenoxy) is 1.